The fourth-order valence-corrected chi connectivity index (χ4v) is 1.90. The predicted molar refractivity (Wildman–Crippen MR) is 67.7 cm³/mol. The molecule has 16 heavy (non-hydrogen) atoms. The van der Waals surface area contributed by atoms with Crippen LogP contribution in [-0.4, -0.2) is 47.4 Å². The summed E-state index contributed by atoms with van der Waals surface area (Å²) in [5.74, 6) is 0.335. The van der Waals surface area contributed by atoms with Crippen LogP contribution < -0.4 is 5.32 Å². The lowest BCUT2D eigenvalue weighted by Gasteiger charge is -2.23. The van der Waals surface area contributed by atoms with Gasteiger partial charge in [-0.15, -0.1) is 0 Å². The van der Waals surface area contributed by atoms with Crippen molar-refractivity contribution in [3.8, 4) is 0 Å². The Labute approximate surface area is 102 Å². The highest BCUT2D eigenvalue weighted by Crippen LogP contribution is 2.09. The molecule has 0 saturated carbocycles. The number of carbonyl (C=O) groups excluding carboxylic acids is 1. The summed E-state index contributed by atoms with van der Waals surface area (Å²) >= 11 is 1.57. The molecule has 4 nitrogen and oxygen atoms in total. The van der Waals surface area contributed by atoms with Crippen LogP contribution in [0.3, 0.4) is 0 Å². The van der Waals surface area contributed by atoms with Crippen molar-refractivity contribution < 1.29 is 14.6 Å². The van der Waals surface area contributed by atoms with Crippen LogP contribution in [0.25, 0.3) is 0 Å². The Balaban J connectivity index is 3.78. The summed E-state index contributed by atoms with van der Waals surface area (Å²) in [5.41, 5.74) is -1.25. The third-order valence-electron chi connectivity index (χ3n) is 1.65. The van der Waals surface area contributed by atoms with Gasteiger partial charge in [-0.05, 0) is 34.0 Å². The minimum Gasteiger partial charge on any atom is -0.459 e. The predicted octanol–water partition coefficient (Wildman–Crippen LogP) is 1.03. The minimum absolute atomic E-state index is 0.127. The Morgan fingerprint density at radius 2 is 1.94 bits per heavy atom. The second kappa shape index (κ2) is 6.47. The van der Waals surface area contributed by atoms with Gasteiger partial charge in [-0.1, -0.05) is 0 Å². The van der Waals surface area contributed by atoms with Crippen LogP contribution in [0.2, 0.25) is 0 Å². The van der Waals surface area contributed by atoms with Crippen molar-refractivity contribution in [3.63, 3.8) is 0 Å². The number of ether oxygens (including phenoxy) is 1. The van der Waals surface area contributed by atoms with E-state index in [1.165, 1.54) is 0 Å². The minimum atomic E-state index is -0.790. The van der Waals surface area contributed by atoms with E-state index < -0.39 is 11.2 Å². The molecular weight excluding hydrogens is 226 g/mol. The van der Waals surface area contributed by atoms with Gasteiger partial charge in [-0.3, -0.25) is 4.79 Å². The molecule has 5 heteroatoms. The van der Waals surface area contributed by atoms with E-state index in [1.54, 1.807) is 18.7 Å². The summed E-state index contributed by atoms with van der Waals surface area (Å²) in [5, 5.41) is 12.7. The number of esters is 1. The molecule has 0 aliphatic rings. The van der Waals surface area contributed by atoms with Gasteiger partial charge in [0.1, 0.15) is 5.60 Å². The number of hydrogen-bond donors (Lipinski definition) is 2. The SMILES string of the molecule is CSCC(C)(O)CNCC(=O)OC(C)(C)C. The third-order valence-corrected chi connectivity index (χ3v) is 2.56. The molecule has 0 spiro atoms. The standard InChI is InChI=1S/C11H23NO3S/c1-10(2,3)15-9(13)6-12-7-11(4,14)8-16-5/h12,14H,6-8H2,1-5H3. The molecule has 0 aromatic rings. The van der Waals surface area contributed by atoms with Crippen LogP contribution in [0.4, 0.5) is 0 Å². The van der Waals surface area contributed by atoms with E-state index >= 15 is 0 Å². The van der Waals surface area contributed by atoms with E-state index in [0.717, 1.165) is 0 Å². The van der Waals surface area contributed by atoms with Crippen molar-refractivity contribution in [2.24, 2.45) is 0 Å². The van der Waals surface area contributed by atoms with Crippen LogP contribution in [0, 0.1) is 0 Å². The number of nitrogens with one attached hydrogen (secondary N) is 1. The maximum atomic E-state index is 11.3. The van der Waals surface area contributed by atoms with Gasteiger partial charge in [0, 0.05) is 12.3 Å². The smallest absolute Gasteiger partial charge is 0.320 e. The molecule has 0 heterocycles. The maximum absolute atomic E-state index is 11.3. The number of carbonyl (C=O) groups is 1. The second-order valence-electron chi connectivity index (χ2n) is 5.12. The van der Waals surface area contributed by atoms with Gasteiger partial charge in [0.05, 0.1) is 12.1 Å². The zero-order valence-electron chi connectivity index (χ0n) is 10.8. The van der Waals surface area contributed by atoms with Crippen molar-refractivity contribution in [1.29, 1.82) is 0 Å². The molecule has 0 aromatic carbocycles. The van der Waals surface area contributed by atoms with Crippen molar-refractivity contribution in [1.82, 2.24) is 5.32 Å². The van der Waals surface area contributed by atoms with Crippen molar-refractivity contribution in [2.45, 2.75) is 38.9 Å². The largest absolute Gasteiger partial charge is 0.459 e. The molecule has 2 N–H and O–H groups in total. The molecule has 0 aliphatic heterocycles. The number of rotatable bonds is 6. The lowest BCUT2D eigenvalue weighted by molar-refractivity contribution is -0.153. The summed E-state index contributed by atoms with van der Waals surface area (Å²) in [6.45, 7) is 7.73. The Morgan fingerprint density at radius 3 is 2.38 bits per heavy atom. The molecule has 0 rings (SSSR count). The van der Waals surface area contributed by atoms with Gasteiger partial charge in [0.25, 0.3) is 0 Å². The first-order valence-corrected chi connectivity index (χ1v) is 6.69. The second-order valence-corrected chi connectivity index (χ2v) is 5.99. The first kappa shape index (κ1) is 15.7. The zero-order chi connectivity index (χ0) is 12.8. The summed E-state index contributed by atoms with van der Waals surface area (Å²) in [6, 6.07) is 0. The average Bonchev–Trinajstić information content (AvgIpc) is 1.99. The normalized spacial score (nSPS) is 15.6. The van der Waals surface area contributed by atoms with E-state index in [1.807, 2.05) is 27.0 Å². The van der Waals surface area contributed by atoms with E-state index in [-0.39, 0.29) is 12.5 Å². The highest BCUT2D eigenvalue weighted by Gasteiger charge is 2.20. The van der Waals surface area contributed by atoms with E-state index in [2.05, 4.69) is 5.32 Å². The highest BCUT2D eigenvalue weighted by atomic mass is 32.2. The van der Waals surface area contributed by atoms with Crippen LogP contribution in [-0.2, 0) is 9.53 Å². The van der Waals surface area contributed by atoms with Gasteiger partial charge in [-0.2, -0.15) is 11.8 Å². The molecule has 0 bridgehead atoms. The van der Waals surface area contributed by atoms with Crippen LogP contribution in [0.1, 0.15) is 27.7 Å². The van der Waals surface area contributed by atoms with E-state index in [9.17, 15) is 9.90 Å². The molecule has 0 amide bonds. The van der Waals surface area contributed by atoms with Crippen molar-refractivity contribution >= 4 is 17.7 Å². The average molecular weight is 249 g/mol. The molecule has 1 atom stereocenters. The fourth-order valence-electron chi connectivity index (χ4n) is 1.17. The molecule has 0 radical (unpaired) electrons. The Kier molecular flexibility index (Phi) is 6.36. The quantitative estimate of drug-likeness (QED) is 0.689. The Morgan fingerprint density at radius 1 is 1.38 bits per heavy atom. The van der Waals surface area contributed by atoms with E-state index in [0.29, 0.717) is 12.3 Å². The summed E-state index contributed by atoms with van der Waals surface area (Å²) in [6.07, 6.45) is 1.93. The Hall–Kier alpha value is -0.260. The first-order chi connectivity index (χ1) is 7.16. The molecule has 1 unspecified atom stereocenters. The topological polar surface area (TPSA) is 58.6 Å². The van der Waals surface area contributed by atoms with Gasteiger partial charge < -0.3 is 15.2 Å². The maximum Gasteiger partial charge on any atom is 0.320 e. The Bertz CT molecular complexity index is 224. The summed E-state index contributed by atoms with van der Waals surface area (Å²) in [4.78, 5) is 11.3. The zero-order valence-corrected chi connectivity index (χ0v) is 11.6. The molecule has 0 fully saturated rings. The third kappa shape index (κ3) is 9.00. The molecule has 0 saturated heterocycles. The van der Waals surface area contributed by atoms with E-state index in [4.69, 9.17) is 4.74 Å². The van der Waals surface area contributed by atoms with Gasteiger partial charge in [0.2, 0.25) is 0 Å². The lowest BCUT2D eigenvalue weighted by atomic mass is 10.1. The number of thioether (sulfide) groups is 1. The molecule has 0 aliphatic carbocycles. The van der Waals surface area contributed by atoms with Crippen molar-refractivity contribution in [2.75, 3.05) is 25.1 Å². The van der Waals surface area contributed by atoms with Crippen molar-refractivity contribution in [3.05, 3.63) is 0 Å². The fraction of sp³-hybridized carbons (Fsp3) is 0.909. The van der Waals surface area contributed by atoms with Crippen LogP contribution in [0.15, 0.2) is 0 Å². The molecular formula is C11H23NO3S. The molecule has 96 valence electrons. The number of hydrogen-bond acceptors (Lipinski definition) is 5. The van der Waals surface area contributed by atoms with Gasteiger partial charge >= 0.3 is 5.97 Å². The first-order valence-electron chi connectivity index (χ1n) is 5.30. The van der Waals surface area contributed by atoms with Crippen LogP contribution >= 0.6 is 11.8 Å². The number of aliphatic hydroxyl groups is 1. The van der Waals surface area contributed by atoms with Crippen LogP contribution in [0.5, 0.6) is 0 Å². The van der Waals surface area contributed by atoms with Gasteiger partial charge in [0.15, 0.2) is 0 Å². The summed E-state index contributed by atoms with van der Waals surface area (Å²) < 4.78 is 5.12. The highest BCUT2D eigenvalue weighted by molar-refractivity contribution is 7.98. The van der Waals surface area contributed by atoms with Gasteiger partial charge in [-0.25, -0.2) is 0 Å². The molecule has 0 aromatic heterocycles. The summed E-state index contributed by atoms with van der Waals surface area (Å²) in [7, 11) is 0. The lowest BCUT2D eigenvalue weighted by Crippen LogP contribution is -2.42. The monoisotopic (exact) mass is 249 g/mol.